The number of anilines is 2. The minimum atomic E-state index is -2.24. The van der Waals surface area contributed by atoms with Gasteiger partial charge in [-0.2, -0.15) is 0 Å². The number of fused-ring (bicyclic) bond motifs is 5. The van der Waals surface area contributed by atoms with Crippen LogP contribution in [-0.4, -0.2) is 50.9 Å². The molecule has 140 valence electrons. The highest BCUT2D eigenvalue weighted by molar-refractivity contribution is 8.16. The molecule has 0 radical (unpaired) electrons. The molecule has 1 saturated heterocycles. The van der Waals surface area contributed by atoms with Crippen LogP contribution >= 0.6 is 6.34 Å². The van der Waals surface area contributed by atoms with Crippen molar-refractivity contribution in [2.24, 2.45) is 4.76 Å². The lowest BCUT2D eigenvalue weighted by atomic mass is 10.1. The number of benzene rings is 2. The van der Waals surface area contributed by atoms with Gasteiger partial charge in [-0.25, -0.2) is 9.43 Å². The van der Waals surface area contributed by atoms with E-state index in [9.17, 15) is 0 Å². The van der Waals surface area contributed by atoms with Crippen LogP contribution in [0.15, 0.2) is 47.2 Å². The average molecular weight is 398 g/mol. The number of morpholine rings is 1. The fraction of sp³-hybridized carbons (Fsp3) is 0.350. The van der Waals surface area contributed by atoms with Crippen molar-refractivity contribution in [3.8, 4) is 0 Å². The number of amidine groups is 1. The number of rotatable bonds is 2. The van der Waals surface area contributed by atoms with E-state index < -0.39 is 6.34 Å². The highest BCUT2D eigenvalue weighted by Crippen LogP contribution is 2.57. The third kappa shape index (κ3) is 2.66. The summed E-state index contributed by atoms with van der Waals surface area (Å²) in [6.07, 6.45) is -2.24. The van der Waals surface area contributed by atoms with Crippen LogP contribution in [0.2, 0.25) is 0 Å². The number of hydrogen-bond donors (Lipinski definition) is 0. The Kier molecular flexibility index (Phi) is 4.13. The summed E-state index contributed by atoms with van der Waals surface area (Å²) in [5.41, 5.74) is 4.95. The maximum Gasteiger partial charge on any atom is 0.153 e. The Labute approximate surface area is 165 Å². The quantitative estimate of drug-likeness (QED) is 0.727. The van der Waals surface area contributed by atoms with Crippen molar-refractivity contribution in [2.75, 3.05) is 50.2 Å². The number of ether oxygens (including phenoxy) is 1. The molecule has 0 spiro atoms. The summed E-state index contributed by atoms with van der Waals surface area (Å²) in [5.74, 6) is 1.05. The molecular weight excluding hydrogens is 375 g/mol. The van der Waals surface area contributed by atoms with Crippen LogP contribution in [0.3, 0.4) is 0 Å². The molecule has 3 aliphatic rings. The van der Waals surface area contributed by atoms with Gasteiger partial charge in [-0.1, -0.05) is 36.1 Å². The van der Waals surface area contributed by atoms with Crippen LogP contribution in [0.25, 0.3) is 0 Å². The van der Waals surface area contributed by atoms with E-state index in [0.717, 1.165) is 38.7 Å². The van der Waals surface area contributed by atoms with Crippen molar-refractivity contribution in [3.63, 3.8) is 0 Å². The Bertz CT molecular complexity index is 984. The van der Waals surface area contributed by atoms with E-state index in [1.807, 2.05) is 0 Å². The maximum atomic E-state index is 6.34. The second-order valence-corrected chi connectivity index (χ2v) is 11.2. The van der Waals surface area contributed by atoms with E-state index in [2.05, 4.69) is 71.0 Å². The lowest BCUT2D eigenvalue weighted by Gasteiger charge is -2.40. The smallest absolute Gasteiger partial charge is 0.153 e. The first kappa shape index (κ1) is 17.4. The molecule has 0 saturated carbocycles. The molecule has 0 N–H and O–H groups in total. The van der Waals surface area contributed by atoms with E-state index >= 15 is 0 Å². The summed E-state index contributed by atoms with van der Waals surface area (Å²) in [6.45, 7) is 4.02. The Hall–Kier alpha value is -1.72. The predicted octanol–water partition coefficient (Wildman–Crippen LogP) is 2.80. The molecule has 1 atom stereocenters. The van der Waals surface area contributed by atoms with Crippen LogP contribution in [-0.2, 0) is 23.1 Å². The van der Waals surface area contributed by atoms with E-state index in [1.54, 1.807) is 0 Å². The van der Waals surface area contributed by atoms with Crippen molar-refractivity contribution in [3.05, 3.63) is 53.6 Å². The second kappa shape index (κ2) is 6.42. The van der Waals surface area contributed by atoms with Crippen molar-refractivity contribution >= 4 is 40.7 Å². The Morgan fingerprint density at radius 3 is 2.67 bits per heavy atom. The lowest BCUT2D eigenvalue weighted by molar-refractivity contribution is 0.0750. The molecule has 1 fully saturated rings. The molecule has 5 rings (SSSR count). The summed E-state index contributed by atoms with van der Waals surface area (Å²) < 4.78 is 13.3. The summed E-state index contributed by atoms with van der Waals surface area (Å²) in [5, 5.41) is 1.21. The van der Waals surface area contributed by atoms with Gasteiger partial charge < -0.3 is 14.5 Å². The second-order valence-electron chi connectivity index (χ2n) is 7.34. The van der Waals surface area contributed by atoms with Gasteiger partial charge in [0, 0.05) is 43.7 Å². The monoisotopic (exact) mass is 398 g/mol. The van der Waals surface area contributed by atoms with Crippen LogP contribution in [0.5, 0.6) is 0 Å². The summed E-state index contributed by atoms with van der Waals surface area (Å²) in [4.78, 5) is 4.49. The zero-order valence-corrected chi connectivity index (χ0v) is 17.3. The molecular formula is C20H23N4OPS. The van der Waals surface area contributed by atoms with Gasteiger partial charge in [0.1, 0.15) is 5.84 Å². The van der Waals surface area contributed by atoms with Gasteiger partial charge >= 0.3 is 0 Å². The van der Waals surface area contributed by atoms with Crippen molar-refractivity contribution in [2.45, 2.75) is 6.54 Å². The average Bonchev–Trinajstić information content (AvgIpc) is 3.07. The molecule has 0 bridgehead atoms. The fourth-order valence-corrected chi connectivity index (χ4v) is 7.70. The highest BCUT2D eigenvalue weighted by Gasteiger charge is 2.40. The largest absolute Gasteiger partial charge is 0.379 e. The predicted molar refractivity (Wildman–Crippen MR) is 116 cm³/mol. The van der Waals surface area contributed by atoms with Crippen molar-refractivity contribution < 1.29 is 4.74 Å². The van der Waals surface area contributed by atoms with Gasteiger partial charge in [0.15, 0.2) is 6.34 Å². The topological polar surface area (TPSA) is 31.3 Å². The standard InChI is InChI=1S/C20H23N4OPS/c1-22(2)16-7-8-19-18(13-16)24-14-15-5-3-4-6-17(15)20(24)21-26(19,27)23-9-11-25-12-10-23/h3-8,13H,9-12,14H2,1-2H3/t26-/m0/s1. The van der Waals surface area contributed by atoms with E-state index in [0.29, 0.717) is 0 Å². The van der Waals surface area contributed by atoms with E-state index in [4.69, 9.17) is 21.3 Å². The Balaban J connectivity index is 1.72. The highest BCUT2D eigenvalue weighted by atomic mass is 32.4. The van der Waals surface area contributed by atoms with Crippen molar-refractivity contribution in [1.29, 1.82) is 0 Å². The number of hydrogen-bond acceptors (Lipinski definition) is 4. The summed E-state index contributed by atoms with van der Waals surface area (Å²) >= 11 is 6.34. The molecule has 3 heterocycles. The Morgan fingerprint density at radius 1 is 1.11 bits per heavy atom. The normalized spacial score (nSPS) is 24.1. The van der Waals surface area contributed by atoms with Gasteiger partial charge in [-0.05, 0) is 23.8 Å². The van der Waals surface area contributed by atoms with E-state index in [-0.39, 0.29) is 0 Å². The third-order valence-electron chi connectivity index (χ3n) is 5.52. The minimum absolute atomic E-state index is 0.731. The van der Waals surface area contributed by atoms with Gasteiger partial charge in [0.05, 0.1) is 25.4 Å². The molecule has 5 nitrogen and oxygen atoms in total. The van der Waals surface area contributed by atoms with Crippen LogP contribution in [0.1, 0.15) is 11.1 Å². The molecule has 0 aromatic heterocycles. The SMILES string of the molecule is CN(C)c1ccc2c(c1)N1Cc3ccccc3C1=N[P@]2(=S)N1CCOCC1. The first-order valence-corrected chi connectivity index (χ1v) is 12.0. The molecule has 0 amide bonds. The molecule has 0 aliphatic carbocycles. The van der Waals surface area contributed by atoms with Gasteiger partial charge in [-0.15, -0.1) is 0 Å². The van der Waals surface area contributed by atoms with Gasteiger partial charge in [-0.3, -0.25) is 0 Å². The molecule has 27 heavy (non-hydrogen) atoms. The molecule has 0 unspecified atom stereocenters. The van der Waals surface area contributed by atoms with Gasteiger partial charge in [0.25, 0.3) is 0 Å². The fourth-order valence-electron chi connectivity index (χ4n) is 4.05. The molecule has 2 aromatic carbocycles. The number of nitrogens with zero attached hydrogens (tertiary/aromatic N) is 4. The Morgan fingerprint density at radius 2 is 1.89 bits per heavy atom. The zero-order valence-electron chi connectivity index (χ0n) is 15.6. The molecule has 3 aliphatic heterocycles. The minimum Gasteiger partial charge on any atom is -0.379 e. The van der Waals surface area contributed by atoms with Crippen LogP contribution in [0, 0.1) is 0 Å². The van der Waals surface area contributed by atoms with Crippen LogP contribution < -0.4 is 15.1 Å². The molecule has 7 heteroatoms. The lowest BCUT2D eigenvalue weighted by Crippen LogP contribution is -2.41. The van der Waals surface area contributed by atoms with Gasteiger partial charge in [0.2, 0.25) is 0 Å². The third-order valence-corrected chi connectivity index (χ3v) is 9.68. The van der Waals surface area contributed by atoms with E-state index in [1.165, 1.54) is 27.8 Å². The van der Waals surface area contributed by atoms with Crippen molar-refractivity contribution in [1.82, 2.24) is 4.67 Å². The zero-order chi connectivity index (χ0) is 18.6. The molecule has 2 aromatic rings. The maximum absolute atomic E-state index is 6.34. The first-order valence-electron chi connectivity index (χ1n) is 9.29. The summed E-state index contributed by atoms with van der Waals surface area (Å²) in [7, 11) is 4.16. The summed E-state index contributed by atoms with van der Waals surface area (Å²) in [6, 6.07) is 15.2. The first-order chi connectivity index (χ1) is 13.1. The van der Waals surface area contributed by atoms with Crippen LogP contribution in [0.4, 0.5) is 11.4 Å².